The molecule has 0 atom stereocenters. The summed E-state index contributed by atoms with van der Waals surface area (Å²) in [5.41, 5.74) is 4.90. The van der Waals surface area contributed by atoms with Crippen LogP contribution >= 0.6 is 0 Å². The van der Waals surface area contributed by atoms with Crippen molar-refractivity contribution >= 4 is 11.6 Å². The lowest BCUT2D eigenvalue weighted by atomic mass is 9.98. The molecule has 1 amide bonds. The molecule has 20 heavy (non-hydrogen) atoms. The SMILES string of the molecule is Cc1ccc(NC(=O)c2cncc3c2CCNC3)cc1. The molecule has 1 aromatic carbocycles. The minimum absolute atomic E-state index is 0.0832. The Bertz CT molecular complexity index is 635. The fourth-order valence-electron chi connectivity index (χ4n) is 2.45. The van der Waals surface area contributed by atoms with Crippen molar-refractivity contribution in [1.29, 1.82) is 0 Å². The van der Waals surface area contributed by atoms with Crippen molar-refractivity contribution in [1.82, 2.24) is 10.3 Å². The third-order valence-electron chi connectivity index (χ3n) is 3.57. The number of carbonyl (C=O) groups is 1. The van der Waals surface area contributed by atoms with Crippen LogP contribution in [0, 0.1) is 6.92 Å². The number of benzene rings is 1. The first-order valence-electron chi connectivity index (χ1n) is 6.78. The van der Waals surface area contributed by atoms with Crippen molar-refractivity contribution in [2.75, 3.05) is 11.9 Å². The lowest BCUT2D eigenvalue weighted by Gasteiger charge is -2.19. The maximum atomic E-state index is 12.4. The highest BCUT2D eigenvalue weighted by molar-refractivity contribution is 6.05. The van der Waals surface area contributed by atoms with Gasteiger partial charge in [-0.15, -0.1) is 0 Å². The van der Waals surface area contributed by atoms with Crippen LogP contribution in [-0.4, -0.2) is 17.4 Å². The van der Waals surface area contributed by atoms with Crippen molar-refractivity contribution < 1.29 is 4.79 Å². The van der Waals surface area contributed by atoms with E-state index >= 15 is 0 Å². The van der Waals surface area contributed by atoms with Gasteiger partial charge < -0.3 is 10.6 Å². The zero-order chi connectivity index (χ0) is 13.9. The van der Waals surface area contributed by atoms with Crippen LogP contribution in [0.5, 0.6) is 0 Å². The highest BCUT2D eigenvalue weighted by Gasteiger charge is 2.17. The average molecular weight is 267 g/mol. The van der Waals surface area contributed by atoms with Crippen LogP contribution in [0.4, 0.5) is 5.69 Å². The lowest BCUT2D eigenvalue weighted by molar-refractivity contribution is 0.102. The number of carbonyl (C=O) groups excluding carboxylic acids is 1. The molecule has 0 bridgehead atoms. The average Bonchev–Trinajstić information content (AvgIpc) is 2.49. The predicted molar refractivity (Wildman–Crippen MR) is 78.8 cm³/mol. The molecule has 3 rings (SSSR count). The normalized spacial score (nSPS) is 13.7. The largest absolute Gasteiger partial charge is 0.322 e. The third-order valence-corrected chi connectivity index (χ3v) is 3.57. The van der Waals surface area contributed by atoms with E-state index in [1.165, 1.54) is 5.56 Å². The van der Waals surface area contributed by atoms with Gasteiger partial charge in [0, 0.05) is 24.6 Å². The third kappa shape index (κ3) is 2.56. The second kappa shape index (κ2) is 5.43. The number of amides is 1. The van der Waals surface area contributed by atoms with Gasteiger partial charge in [-0.05, 0) is 43.1 Å². The molecule has 2 N–H and O–H groups in total. The molecule has 4 nitrogen and oxygen atoms in total. The van der Waals surface area contributed by atoms with Gasteiger partial charge in [0.1, 0.15) is 0 Å². The first kappa shape index (κ1) is 12.8. The molecule has 0 spiro atoms. The Balaban J connectivity index is 1.85. The molecule has 0 saturated carbocycles. The van der Waals surface area contributed by atoms with Crippen molar-refractivity contribution in [3.05, 3.63) is 58.9 Å². The van der Waals surface area contributed by atoms with E-state index in [0.717, 1.165) is 36.3 Å². The summed E-state index contributed by atoms with van der Waals surface area (Å²) in [6, 6.07) is 7.80. The van der Waals surface area contributed by atoms with Gasteiger partial charge >= 0.3 is 0 Å². The summed E-state index contributed by atoms with van der Waals surface area (Å²) in [6.45, 7) is 3.71. The second-order valence-electron chi connectivity index (χ2n) is 5.07. The summed E-state index contributed by atoms with van der Waals surface area (Å²) in [7, 11) is 0. The summed E-state index contributed by atoms with van der Waals surface area (Å²) in [5.74, 6) is -0.0832. The number of nitrogens with zero attached hydrogens (tertiary/aromatic N) is 1. The van der Waals surface area contributed by atoms with E-state index in [4.69, 9.17) is 0 Å². The standard InChI is InChI=1S/C16H17N3O/c1-11-2-4-13(5-3-11)19-16(20)15-10-18-9-12-8-17-7-6-14(12)15/h2-5,9-10,17H,6-8H2,1H3,(H,19,20). The van der Waals surface area contributed by atoms with E-state index in [9.17, 15) is 4.79 Å². The summed E-state index contributed by atoms with van der Waals surface area (Å²) < 4.78 is 0. The molecule has 2 heterocycles. The van der Waals surface area contributed by atoms with Gasteiger partial charge in [0.05, 0.1) is 5.56 Å². The molecular formula is C16H17N3O. The van der Waals surface area contributed by atoms with Crippen LogP contribution in [0.15, 0.2) is 36.7 Å². The van der Waals surface area contributed by atoms with Gasteiger partial charge in [-0.3, -0.25) is 9.78 Å². The van der Waals surface area contributed by atoms with E-state index in [1.807, 2.05) is 37.4 Å². The number of aromatic nitrogens is 1. The molecule has 0 radical (unpaired) electrons. The zero-order valence-corrected chi connectivity index (χ0v) is 11.4. The van der Waals surface area contributed by atoms with Crippen molar-refractivity contribution in [3.8, 4) is 0 Å². The Kier molecular flexibility index (Phi) is 3.48. The fraction of sp³-hybridized carbons (Fsp3) is 0.250. The Morgan fingerprint density at radius 2 is 2.05 bits per heavy atom. The van der Waals surface area contributed by atoms with E-state index in [1.54, 1.807) is 6.20 Å². The van der Waals surface area contributed by atoms with E-state index in [0.29, 0.717) is 5.56 Å². The van der Waals surface area contributed by atoms with Gasteiger partial charge in [-0.1, -0.05) is 17.7 Å². The van der Waals surface area contributed by atoms with E-state index in [2.05, 4.69) is 15.6 Å². The maximum Gasteiger partial charge on any atom is 0.257 e. The Hall–Kier alpha value is -2.20. The number of hydrogen-bond donors (Lipinski definition) is 2. The number of aryl methyl sites for hydroxylation is 1. The number of pyridine rings is 1. The molecule has 0 fully saturated rings. The highest BCUT2D eigenvalue weighted by atomic mass is 16.1. The number of nitrogens with one attached hydrogen (secondary N) is 2. The molecule has 0 aliphatic carbocycles. The Morgan fingerprint density at radius 3 is 2.85 bits per heavy atom. The first-order chi connectivity index (χ1) is 9.74. The topological polar surface area (TPSA) is 54.0 Å². The monoisotopic (exact) mass is 267 g/mol. The molecule has 102 valence electrons. The van der Waals surface area contributed by atoms with Gasteiger partial charge in [-0.2, -0.15) is 0 Å². The van der Waals surface area contributed by atoms with Gasteiger partial charge in [0.15, 0.2) is 0 Å². The minimum atomic E-state index is -0.0832. The lowest BCUT2D eigenvalue weighted by Crippen LogP contribution is -2.27. The molecule has 1 aromatic heterocycles. The van der Waals surface area contributed by atoms with Crippen LogP contribution in [-0.2, 0) is 13.0 Å². The summed E-state index contributed by atoms with van der Waals surface area (Å²) in [6.07, 6.45) is 4.37. The van der Waals surface area contributed by atoms with Crippen molar-refractivity contribution in [3.63, 3.8) is 0 Å². The zero-order valence-electron chi connectivity index (χ0n) is 11.4. The van der Waals surface area contributed by atoms with E-state index < -0.39 is 0 Å². The number of fused-ring (bicyclic) bond motifs is 1. The number of anilines is 1. The van der Waals surface area contributed by atoms with Crippen LogP contribution in [0.1, 0.15) is 27.0 Å². The summed E-state index contributed by atoms with van der Waals surface area (Å²) in [5, 5.41) is 6.23. The first-order valence-corrected chi connectivity index (χ1v) is 6.78. The van der Waals surface area contributed by atoms with Crippen LogP contribution in [0.3, 0.4) is 0 Å². The van der Waals surface area contributed by atoms with Crippen LogP contribution in [0.2, 0.25) is 0 Å². The molecule has 2 aromatic rings. The molecule has 0 saturated heterocycles. The Morgan fingerprint density at radius 1 is 1.25 bits per heavy atom. The van der Waals surface area contributed by atoms with Gasteiger partial charge in [-0.25, -0.2) is 0 Å². The smallest absolute Gasteiger partial charge is 0.257 e. The predicted octanol–water partition coefficient (Wildman–Crippen LogP) is 2.29. The number of hydrogen-bond acceptors (Lipinski definition) is 3. The molecule has 1 aliphatic rings. The minimum Gasteiger partial charge on any atom is -0.322 e. The molecule has 4 heteroatoms. The van der Waals surface area contributed by atoms with Gasteiger partial charge in [0.25, 0.3) is 5.91 Å². The summed E-state index contributed by atoms with van der Waals surface area (Å²) in [4.78, 5) is 16.6. The number of rotatable bonds is 2. The van der Waals surface area contributed by atoms with Crippen molar-refractivity contribution in [2.24, 2.45) is 0 Å². The molecule has 1 aliphatic heterocycles. The van der Waals surface area contributed by atoms with E-state index in [-0.39, 0.29) is 5.91 Å². The maximum absolute atomic E-state index is 12.4. The fourth-order valence-corrected chi connectivity index (χ4v) is 2.45. The highest BCUT2D eigenvalue weighted by Crippen LogP contribution is 2.19. The molecular weight excluding hydrogens is 250 g/mol. The second-order valence-corrected chi connectivity index (χ2v) is 5.07. The summed E-state index contributed by atoms with van der Waals surface area (Å²) >= 11 is 0. The van der Waals surface area contributed by atoms with Crippen LogP contribution in [0.25, 0.3) is 0 Å². The van der Waals surface area contributed by atoms with Gasteiger partial charge in [0.2, 0.25) is 0 Å². The Labute approximate surface area is 118 Å². The van der Waals surface area contributed by atoms with Crippen molar-refractivity contribution in [2.45, 2.75) is 19.9 Å². The quantitative estimate of drug-likeness (QED) is 0.877. The molecule has 0 unspecified atom stereocenters. The van der Waals surface area contributed by atoms with Crippen LogP contribution < -0.4 is 10.6 Å².